The molecular weight excluding hydrogens is 314 g/mol. The average molecular weight is 335 g/mol. The van der Waals surface area contributed by atoms with Crippen LogP contribution in [0, 0.1) is 17.2 Å². The van der Waals surface area contributed by atoms with Gasteiger partial charge in [0, 0.05) is 24.8 Å². The predicted molar refractivity (Wildman–Crippen MR) is 95.4 cm³/mol. The van der Waals surface area contributed by atoms with E-state index in [2.05, 4.69) is 21.1 Å². The summed E-state index contributed by atoms with van der Waals surface area (Å²) >= 11 is 0. The van der Waals surface area contributed by atoms with Crippen molar-refractivity contribution in [2.75, 3.05) is 5.73 Å². The number of nitriles is 1. The first-order valence-electron chi connectivity index (χ1n) is 8.67. The number of rotatable bonds is 4. The highest BCUT2D eigenvalue weighted by Gasteiger charge is 2.28. The smallest absolute Gasteiger partial charge is 0.154 e. The normalized spacial score (nSPS) is 16.3. The van der Waals surface area contributed by atoms with Gasteiger partial charge in [-0.25, -0.2) is 9.97 Å². The van der Waals surface area contributed by atoms with Crippen molar-refractivity contribution in [1.82, 2.24) is 24.3 Å². The minimum Gasteiger partial charge on any atom is -0.382 e. The molecule has 0 spiro atoms. The van der Waals surface area contributed by atoms with E-state index in [4.69, 9.17) is 5.73 Å². The van der Waals surface area contributed by atoms with E-state index in [1.807, 2.05) is 34.8 Å². The van der Waals surface area contributed by atoms with E-state index in [1.165, 1.54) is 12.8 Å². The van der Waals surface area contributed by atoms with Gasteiger partial charge in [0.15, 0.2) is 5.82 Å². The van der Waals surface area contributed by atoms with E-state index in [9.17, 15) is 5.26 Å². The molecule has 3 heterocycles. The summed E-state index contributed by atoms with van der Waals surface area (Å²) in [6.07, 6.45) is 10.7. The Hall–Kier alpha value is -2.88. The second kappa shape index (κ2) is 6.20. The Morgan fingerprint density at radius 3 is 2.92 bits per heavy atom. The molecule has 0 aliphatic heterocycles. The number of aryl methyl sites for hydroxylation is 1. The molecule has 0 amide bonds. The summed E-state index contributed by atoms with van der Waals surface area (Å²) in [5.41, 5.74) is 8.68. The van der Waals surface area contributed by atoms with Crippen molar-refractivity contribution in [2.45, 2.75) is 38.1 Å². The lowest BCUT2D eigenvalue weighted by atomic mass is 9.96. The maximum atomic E-state index is 9.25. The number of nitrogens with two attached hydrogens (primary N) is 1. The van der Waals surface area contributed by atoms with Gasteiger partial charge in [0.25, 0.3) is 0 Å². The number of aromatic nitrogens is 5. The third-order valence-corrected chi connectivity index (χ3v) is 5.26. The van der Waals surface area contributed by atoms with Gasteiger partial charge >= 0.3 is 0 Å². The summed E-state index contributed by atoms with van der Waals surface area (Å²) in [5.74, 6) is 0.943. The Balaban J connectivity index is 1.78. The van der Waals surface area contributed by atoms with Crippen LogP contribution in [0.2, 0.25) is 0 Å². The first-order chi connectivity index (χ1) is 12.2. The molecule has 0 radical (unpaired) electrons. The van der Waals surface area contributed by atoms with Crippen LogP contribution < -0.4 is 5.73 Å². The van der Waals surface area contributed by atoms with Gasteiger partial charge in [-0.05, 0) is 24.8 Å². The fourth-order valence-corrected chi connectivity index (χ4v) is 3.96. The zero-order valence-electron chi connectivity index (χ0n) is 14.3. The van der Waals surface area contributed by atoms with Crippen LogP contribution in [0.1, 0.15) is 38.1 Å². The molecule has 3 aromatic rings. The third-order valence-electron chi connectivity index (χ3n) is 5.26. The Kier molecular flexibility index (Phi) is 3.88. The highest BCUT2D eigenvalue weighted by atomic mass is 15.3. The SMILES string of the molecule is Cn1ccc2c(-c3cn([C@H](CC#N)C4CCCC4)nc3N)ncnc21. The molecule has 3 aromatic heterocycles. The molecule has 0 aromatic carbocycles. The molecule has 1 fully saturated rings. The summed E-state index contributed by atoms with van der Waals surface area (Å²) in [6, 6.07) is 4.39. The van der Waals surface area contributed by atoms with E-state index >= 15 is 0 Å². The molecule has 1 saturated carbocycles. The average Bonchev–Trinajstić information content (AvgIpc) is 3.34. The van der Waals surface area contributed by atoms with Crippen LogP contribution in [0.15, 0.2) is 24.8 Å². The minimum atomic E-state index is 0.0802. The topological polar surface area (TPSA) is 98.3 Å². The van der Waals surface area contributed by atoms with Gasteiger partial charge in [-0.2, -0.15) is 10.4 Å². The van der Waals surface area contributed by atoms with E-state index in [0.717, 1.165) is 35.1 Å². The van der Waals surface area contributed by atoms with E-state index in [-0.39, 0.29) is 6.04 Å². The largest absolute Gasteiger partial charge is 0.382 e. The summed E-state index contributed by atoms with van der Waals surface area (Å²) in [5, 5.41) is 14.7. The van der Waals surface area contributed by atoms with Crippen molar-refractivity contribution in [3.63, 3.8) is 0 Å². The molecule has 1 aliphatic rings. The molecule has 25 heavy (non-hydrogen) atoms. The molecule has 0 bridgehead atoms. The third kappa shape index (κ3) is 2.64. The van der Waals surface area contributed by atoms with Crippen LogP contribution in [0.25, 0.3) is 22.3 Å². The van der Waals surface area contributed by atoms with Gasteiger partial charge in [0.2, 0.25) is 0 Å². The van der Waals surface area contributed by atoms with Gasteiger partial charge in [0.1, 0.15) is 12.0 Å². The van der Waals surface area contributed by atoms with Gasteiger partial charge in [-0.1, -0.05) is 12.8 Å². The second-order valence-corrected chi connectivity index (χ2v) is 6.77. The molecule has 1 aliphatic carbocycles. The van der Waals surface area contributed by atoms with Crippen LogP contribution >= 0.6 is 0 Å². The van der Waals surface area contributed by atoms with Crippen molar-refractivity contribution in [2.24, 2.45) is 13.0 Å². The van der Waals surface area contributed by atoms with Crippen molar-refractivity contribution in [3.05, 3.63) is 24.8 Å². The number of nitrogens with zero attached hydrogens (tertiary/aromatic N) is 6. The van der Waals surface area contributed by atoms with Crippen LogP contribution in [0.3, 0.4) is 0 Å². The monoisotopic (exact) mass is 335 g/mol. The molecule has 7 nitrogen and oxygen atoms in total. The number of hydrogen-bond donors (Lipinski definition) is 1. The summed E-state index contributed by atoms with van der Waals surface area (Å²) in [4.78, 5) is 8.78. The standard InChI is InChI=1S/C18H21N7/c1-24-9-7-13-16(21-11-22-18(13)24)14-10-25(23-17(14)20)15(6-8-19)12-4-2-3-5-12/h7,9-12,15H,2-6H2,1H3,(H2,20,23)/t15-/m1/s1. The highest BCUT2D eigenvalue weighted by molar-refractivity contribution is 5.93. The molecule has 2 N–H and O–H groups in total. The fraction of sp³-hybridized carbons (Fsp3) is 0.444. The van der Waals surface area contributed by atoms with Crippen molar-refractivity contribution in [3.8, 4) is 17.3 Å². The Morgan fingerprint density at radius 1 is 1.36 bits per heavy atom. The molecule has 0 saturated heterocycles. The Bertz CT molecular complexity index is 940. The first kappa shape index (κ1) is 15.6. The van der Waals surface area contributed by atoms with Crippen LogP contribution in [-0.4, -0.2) is 24.3 Å². The fourth-order valence-electron chi connectivity index (χ4n) is 3.96. The summed E-state index contributed by atoms with van der Waals surface area (Å²) in [7, 11) is 1.95. The van der Waals surface area contributed by atoms with Crippen LogP contribution in [0.5, 0.6) is 0 Å². The molecule has 128 valence electrons. The van der Waals surface area contributed by atoms with Crippen LogP contribution in [0.4, 0.5) is 5.82 Å². The zero-order valence-corrected chi connectivity index (χ0v) is 14.3. The first-order valence-corrected chi connectivity index (χ1v) is 8.67. The second-order valence-electron chi connectivity index (χ2n) is 6.77. The quantitative estimate of drug-likeness (QED) is 0.790. The number of anilines is 1. The highest BCUT2D eigenvalue weighted by Crippen LogP contribution is 2.38. The van der Waals surface area contributed by atoms with E-state index in [1.54, 1.807) is 6.33 Å². The Morgan fingerprint density at radius 2 is 2.16 bits per heavy atom. The van der Waals surface area contributed by atoms with Gasteiger partial charge < -0.3 is 10.3 Å². The van der Waals surface area contributed by atoms with Crippen molar-refractivity contribution < 1.29 is 0 Å². The lowest BCUT2D eigenvalue weighted by molar-refractivity contribution is 0.315. The van der Waals surface area contributed by atoms with E-state index in [0.29, 0.717) is 18.2 Å². The Labute approximate surface area is 146 Å². The maximum absolute atomic E-state index is 9.25. The lowest BCUT2D eigenvalue weighted by Crippen LogP contribution is -2.17. The van der Waals surface area contributed by atoms with Gasteiger partial charge in [0.05, 0.1) is 29.8 Å². The summed E-state index contributed by atoms with van der Waals surface area (Å²) < 4.78 is 3.85. The van der Waals surface area contributed by atoms with Gasteiger partial charge in [-0.3, -0.25) is 4.68 Å². The van der Waals surface area contributed by atoms with Gasteiger partial charge in [-0.15, -0.1) is 0 Å². The maximum Gasteiger partial charge on any atom is 0.154 e. The molecule has 7 heteroatoms. The molecular formula is C18H21N7. The van der Waals surface area contributed by atoms with Crippen LogP contribution in [-0.2, 0) is 7.05 Å². The molecule has 4 rings (SSSR count). The molecule has 0 unspecified atom stereocenters. The lowest BCUT2D eigenvalue weighted by Gasteiger charge is -2.21. The zero-order chi connectivity index (χ0) is 17.4. The predicted octanol–water partition coefficient (Wildman–Crippen LogP) is 3.06. The number of nitrogen functional groups attached to an aromatic ring is 1. The number of fused-ring (bicyclic) bond motifs is 1. The minimum absolute atomic E-state index is 0.0802. The van der Waals surface area contributed by atoms with Crippen molar-refractivity contribution >= 4 is 16.9 Å². The summed E-state index contributed by atoms with van der Waals surface area (Å²) in [6.45, 7) is 0. The number of hydrogen-bond acceptors (Lipinski definition) is 5. The van der Waals surface area contributed by atoms with Crippen molar-refractivity contribution in [1.29, 1.82) is 5.26 Å². The molecule has 1 atom stereocenters. The van der Waals surface area contributed by atoms with E-state index < -0.39 is 0 Å².